The van der Waals surface area contributed by atoms with E-state index in [1.54, 1.807) is 0 Å². The molecule has 2 aliphatic heterocycles. The number of nitrogens with zero attached hydrogens (tertiary/aromatic N) is 1. The first-order chi connectivity index (χ1) is 11.7. The molecule has 2 aromatic rings. The van der Waals surface area contributed by atoms with Crippen molar-refractivity contribution in [3.63, 3.8) is 0 Å². The van der Waals surface area contributed by atoms with Crippen molar-refractivity contribution in [2.45, 2.75) is 43.2 Å². The molecular weight excluding hydrogens is 353 g/mol. The molecule has 2 saturated heterocycles. The Morgan fingerprint density at radius 3 is 2.48 bits per heavy atom. The van der Waals surface area contributed by atoms with E-state index >= 15 is 0 Å². The fraction of sp³-hybridized carbons (Fsp3) is 0.429. The van der Waals surface area contributed by atoms with Crippen molar-refractivity contribution >= 4 is 24.0 Å². The summed E-state index contributed by atoms with van der Waals surface area (Å²) in [5.74, 6) is 0.512. The summed E-state index contributed by atoms with van der Waals surface area (Å²) >= 11 is 6.40. The predicted molar refractivity (Wildman–Crippen MR) is 106 cm³/mol. The number of piperidine rings is 2. The number of halogens is 2. The lowest BCUT2D eigenvalue weighted by atomic mass is 9.76. The van der Waals surface area contributed by atoms with Gasteiger partial charge in [-0.15, -0.1) is 12.4 Å². The van der Waals surface area contributed by atoms with Gasteiger partial charge in [-0.1, -0.05) is 60.1 Å². The van der Waals surface area contributed by atoms with Gasteiger partial charge in [0.25, 0.3) is 0 Å². The molecule has 4 heteroatoms. The zero-order valence-electron chi connectivity index (χ0n) is 14.3. The van der Waals surface area contributed by atoms with Gasteiger partial charge in [0.05, 0.1) is 5.60 Å². The molecule has 0 saturated carbocycles. The van der Waals surface area contributed by atoms with Crippen molar-refractivity contribution in [2.75, 3.05) is 13.1 Å². The summed E-state index contributed by atoms with van der Waals surface area (Å²) in [4.78, 5) is 2.56. The molecule has 1 N–H and O–H groups in total. The van der Waals surface area contributed by atoms with Crippen molar-refractivity contribution in [3.05, 3.63) is 70.7 Å². The maximum atomic E-state index is 11.2. The topological polar surface area (TPSA) is 23.5 Å². The Balaban J connectivity index is 0.00000182. The summed E-state index contributed by atoms with van der Waals surface area (Å²) in [6, 6.07) is 18.9. The van der Waals surface area contributed by atoms with E-state index in [0.717, 1.165) is 49.4 Å². The average Bonchev–Trinajstić information content (AvgIpc) is 2.62. The van der Waals surface area contributed by atoms with Crippen LogP contribution in [-0.4, -0.2) is 29.1 Å². The third kappa shape index (κ3) is 3.73. The number of hydrogen-bond donors (Lipinski definition) is 1. The first-order valence-corrected chi connectivity index (χ1v) is 9.30. The third-order valence-corrected chi connectivity index (χ3v) is 6.21. The van der Waals surface area contributed by atoms with E-state index in [2.05, 4.69) is 29.2 Å². The Morgan fingerprint density at radius 1 is 1.00 bits per heavy atom. The molecule has 0 aliphatic carbocycles. The zero-order valence-corrected chi connectivity index (χ0v) is 15.8. The summed E-state index contributed by atoms with van der Waals surface area (Å²) in [7, 11) is 0. The molecular formula is C21H25Cl2NO. The van der Waals surface area contributed by atoms with Crippen LogP contribution in [0.25, 0.3) is 0 Å². The van der Waals surface area contributed by atoms with Gasteiger partial charge < -0.3 is 5.11 Å². The SMILES string of the molecule is Cl.O[C@@]1(c2ccccc2)CCN2C[C@@H](c3ccccc3Cl)CC[C@@H]2C1. The van der Waals surface area contributed by atoms with E-state index < -0.39 is 5.60 Å². The molecule has 0 amide bonds. The first kappa shape index (κ1) is 18.7. The van der Waals surface area contributed by atoms with Crippen molar-refractivity contribution in [3.8, 4) is 0 Å². The lowest BCUT2D eigenvalue weighted by Gasteiger charge is -2.48. The second kappa shape index (κ2) is 7.67. The number of rotatable bonds is 2. The Hall–Kier alpha value is -1.06. The molecule has 2 heterocycles. The minimum atomic E-state index is -0.667. The molecule has 2 aromatic carbocycles. The monoisotopic (exact) mass is 377 g/mol. The molecule has 0 radical (unpaired) electrons. The maximum Gasteiger partial charge on any atom is 0.0923 e. The van der Waals surface area contributed by atoms with Crippen LogP contribution in [0.1, 0.15) is 42.7 Å². The molecule has 0 spiro atoms. The van der Waals surface area contributed by atoms with E-state index in [4.69, 9.17) is 11.6 Å². The highest BCUT2D eigenvalue weighted by Crippen LogP contribution is 2.42. The quantitative estimate of drug-likeness (QED) is 0.796. The van der Waals surface area contributed by atoms with Crippen LogP contribution in [0.3, 0.4) is 0 Å². The first-order valence-electron chi connectivity index (χ1n) is 8.92. The molecule has 0 bridgehead atoms. The Kier molecular flexibility index (Phi) is 5.75. The second-order valence-electron chi connectivity index (χ2n) is 7.30. The Bertz CT molecular complexity index is 708. The summed E-state index contributed by atoms with van der Waals surface area (Å²) in [5, 5.41) is 12.0. The van der Waals surface area contributed by atoms with Gasteiger partial charge in [0, 0.05) is 24.2 Å². The second-order valence-corrected chi connectivity index (χ2v) is 7.70. The largest absolute Gasteiger partial charge is 0.385 e. The summed E-state index contributed by atoms with van der Waals surface area (Å²) in [6.07, 6.45) is 3.93. The highest BCUT2D eigenvalue weighted by Gasteiger charge is 2.42. The van der Waals surface area contributed by atoms with Gasteiger partial charge in [0.2, 0.25) is 0 Å². The summed E-state index contributed by atoms with van der Waals surface area (Å²) in [5.41, 5.74) is 1.68. The lowest BCUT2D eigenvalue weighted by Crippen LogP contribution is -2.52. The third-order valence-electron chi connectivity index (χ3n) is 5.86. The van der Waals surface area contributed by atoms with E-state index in [1.165, 1.54) is 5.56 Å². The molecule has 25 heavy (non-hydrogen) atoms. The minimum absolute atomic E-state index is 0. The van der Waals surface area contributed by atoms with Gasteiger partial charge in [-0.2, -0.15) is 0 Å². The molecule has 0 unspecified atom stereocenters. The van der Waals surface area contributed by atoms with Crippen LogP contribution < -0.4 is 0 Å². The van der Waals surface area contributed by atoms with Crippen molar-refractivity contribution in [2.24, 2.45) is 0 Å². The molecule has 3 atom stereocenters. The van der Waals surface area contributed by atoms with Gasteiger partial charge in [0.15, 0.2) is 0 Å². The fourth-order valence-corrected chi connectivity index (χ4v) is 4.79. The van der Waals surface area contributed by atoms with Crippen LogP contribution >= 0.6 is 24.0 Å². The van der Waals surface area contributed by atoms with Crippen molar-refractivity contribution in [1.29, 1.82) is 0 Å². The molecule has 2 fully saturated rings. The molecule has 4 rings (SSSR count). The number of hydrogen-bond acceptors (Lipinski definition) is 2. The normalized spacial score (nSPS) is 29.5. The van der Waals surface area contributed by atoms with E-state index in [-0.39, 0.29) is 12.4 Å². The van der Waals surface area contributed by atoms with Gasteiger partial charge in [-0.05, 0) is 48.8 Å². The molecule has 0 aromatic heterocycles. The van der Waals surface area contributed by atoms with Crippen LogP contribution in [0.15, 0.2) is 54.6 Å². The van der Waals surface area contributed by atoms with E-state index in [9.17, 15) is 5.11 Å². The lowest BCUT2D eigenvalue weighted by molar-refractivity contribution is -0.0639. The van der Waals surface area contributed by atoms with Crippen molar-refractivity contribution in [1.82, 2.24) is 4.90 Å². The molecule has 2 aliphatic rings. The van der Waals surface area contributed by atoms with Gasteiger partial charge >= 0.3 is 0 Å². The average molecular weight is 378 g/mol. The minimum Gasteiger partial charge on any atom is -0.385 e. The highest BCUT2D eigenvalue weighted by atomic mass is 35.5. The predicted octanol–water partition coefficient (Wildman–Crippen LogP) is 4.99. The van der Waals surface area contributed by atoms with Crippen LogP contribution in [0.5, 0.6) is 0 Å². The Morgan fingerprint density at radius 2 is 1.72 bits per heavy atom. The molecule has 2 nitrogen and oxygen atoms in total. The van der Waals surface area contributed by atoms with Crippen LogP contribution in [0.2, 0.25) is 5.02 Å². The summed E-state index contributed by atoms with van der Waals surface area (Å²) in [6.45, 7) is 2.01. The van der Waals surface area contributed by atoms with Crippen LogP contribution in [-0.2, 0) is 5.60 Å². The maximum absolute atomic E-state index is 11.2. The van der Waals surface area contributed by atoms with Gasteiger partial charge in [-0.3, -0.25) is 4.90 Å². The van der Waals surface area contributed by atoms with Gasteiger partial charge in [-0.25, -0.2) is 0 Å². The van der Waals surface area contributed by atoms with Gasteiger partial charge in [0.1, 0.15) is 0 Å². The standard InChI is InChI=1S/C21H24ClNO.ClH/c22-20-9-5-4-8-19(20)16-10-11-18-14-21(24,12-13-23(18)15-16)17-6-2-1-3-7-17;/h1-9,16,18,24H,10-15H2;1H/t16-,18+,21-;/m0./s1. The number of fused-ring (bicyclic) bond motifs is 1. The van der Waals surface area contributed by atoms with Crippen LogP contribution in [0.4, 0.5) is 0 Å². The van der Waals surface area contributed by atoms with E-state index in [0.29, 0.717) is 12.0 Å². The fourth-order valence-electron chi connectivity index (χ4n) is 4.50. The van der Waals surface area contributed by atoms with E-state index in [1.807, 2.05) is 30.3 Å². The summed E-state index contributed by atoms with van der Waals surface area (Å²) < 4.78 is 0. The number of aliphatic hydroxyl groups is 1. The Labute approximate surface area is 161 Å². The highest BCUT2D eigenvalue weighted by molar-refractivity contribution is 6.31. The van der Waals surface area contributed by atoms with Crippen LogP contribution in [0, 0.1) is 0 Å². The van der Waals surface area contributed by atoms with Crippen molar-refractivity contribution < 1.29 is 5.11 Å². The number of benzene rings is 2. The zero-order chi connectivity index (χ0) is 16.6. The molecule has 134 valence electrons. The smallest absolute Gasteiger partial charge is 0.0923 e.